The van der Waals surface area contributed by atoms with Crippen LogP contribution in [0.25, 0.3) is 0 Å². The molecule has 84 valence electrons. The van der Waals surface area contributed by atoms with Gasteiger partial charge in [0.15, 0.2) is 0 Å². The number of thiazole rings is 1. The molecule has 3 heteroatoms. The summed E-state index contributed by atoms with van der Waals surface area (Å²) in [6.45, 7) is 5.42. The van der Waals surface area contributed by atoms with Gasteiger partial charge in [-0.05, 0) is 12.8 Å². The van der Waals surface area contributed by atoms with Crippen LogP contribution in [-0.2, 0) is 6.42 Å². The normalized spacial score (nSPS) is 17.0. The second kappa shape index (κ2) is 5.08. The Bertz CT molecular complexity index is 302. The molecule has 1 saturated carbocycles. The van der Waals surface area contributed by atoms with Gasteiger partial charge in [0.1, 0.15) is 0 Å². The van der Waals surface area contributed by atoms with Gasteiger partial charge in [0.2, 0.25) is 0 Å². The Morgan fingerprint density at radius 1 is 1.53 bits per heavy atom. The second-order valence-electron chi connectivity index (χ2n) is 4.65. The molecule has 1 fully saturated rings. The zero-order valence-electron chi connectivity index (χ0n) is 9.62. The molecule has 0 amide bonds. The first-order valence-electron chi connectivity index (χ1n) is 5.93. The highest BCUT2D eigenvalue weighted by molar-refractivity contribution is 7.09. The van der Waals surface area contributed by atoms with Crippen LogP contribution in [0.3, 0.4) is 0 Å². The molecule has 1 heterocycles. The molecule has 1 aromatic heterocycles. The minimum Gasteiger partial charge on any atom is -0.314 e. The summed E-state index contributed by atoms with van der Waals surface area (Å²) in [5.41, 5.74) is 1.35. The first kappa shape index (κ1) is 11.1. The number of nitrogens with one attached hydrogen (secondary N) is 1. The molecule has 0 unspecified atom stereocenters. The van der Waals surface area contributed by atoms with Crippen molar-refractivity contribution in [3.63, 3.8) is 0 Å². The lowest BCUT2D eigenvalue weighted by atomic mass is 9.83. The predicted molar refractivity (Wildman–Crippen MR) is 65.5 cm³/mol. The minimum absolute atomic E-state index is 0.580. The molecule has 1 aromatic rings. The van der Waals surface area contributed by atoms with Crippen LogP contribution in [0, 0.1) is 0 Å². The molecule has 1 aliphatic rings. The molecular formula is C12H20N2S. The summed E-state index contributed by atoms with van der Waals surface area (Å²) in [4.78, 5) is 4.71. The van der Waals surface area contributed by atoms with Crippen LogP contribution >= 0.6 is 11.3 Å². The zero-order chi connectivity index (χ0) is 10.7. The Morgan fingerprint density at radius 3 is 2.93 bits per heavy atom. The Hall–Kier alpha value is -0.410. The lowest BCUT2D eigenvalue weighted by Gasteiger charge is -2.23. The first-order chi connectivity index (χ1) is 7.25. The average Bonchev–Trinajstić information content (AvgIpc) is 2.49. The Labute approximate surface area is 96.1 Å². The van der Waals surface area contributed by atoms with Gasteiger partial charge in [-0.1, -0.05) is 20.3 Å². The predicted octanol–water partition coefficient (Wildman–Crippen LogP) is 2.95. The maximum atomic E-state index is 4.71. The Morgan fingerprint density at radius 2 is 2.33 bits per heavy atom. The van der Waals surface area contributed by atoms with Gasteiger partial charge in [0.05, 0.1) is 10.7 Å². The Balaban J connectivity index is 1.79. The van der Waals surface area contributed by atoms with Crippen molar-refractivity contribution in [2.24, 2.45) is 0 Å². The standard InChI is InChI=1S/C12H20N2S/c1-9(2)13-7-6-12-14-11(8-15-12)10-4-3-5-10/h8-10,13H,3-7H2,1-2H3. The molecule has 0 aromatic carbocycles. The van der Waals surface area contributed by atoms with Gasteiger partial charge in [0, 0.05) is 30.3 Å². The molecular weight excluding hydrogens is 204 g/mol. The summed E-state index contributed by atoms with van der Waals surface area (Å²) < 4.78 is 0. The van der Waals surface area contributed by atoms with E-state index in [0.717, 1.165) is 18.9 Å². The fourth-order valence-electron chi connectivity index (χ4n) is 1.80. The fourth-order valence-corrected chi connectivity index (χ4v) is 2.68. The van der Waals surface area contributed by atoms with E-state index in [9.17, 15) is 0 Å². The summed E-state index contributed by atoms with van der Waals surface area (Å²) in [6.07, 6.45) is 5.18. The maximum absolute atomic E-state index is 4.71. The van der Waals surface area contributed by atoms with Gasteiger partial charge >= 0.3 is 0 Å². The largest absolute Gasteiger partial charge is 0.314 e. The van der Waals surface area contributed by atoms with Gasteiger partial charge in [-0.15, -0.1) is 11.3 Å². The lowest BCUT2D eigenvalue weighted by Crippen LogP contribution is -2.24. The summed E-state index contributed by atoms with van der Waals surface area (Å²) in [7, 11) is 0. The molecule has 2 nitrogen and oxygen atoms in total. The van der Waals surface area contributed by atoms with E-state index in [2.05, 4.69) is 24.5 Å². The highest BCUT2D eigenvalue weighted by Gasteiger charge is 2.21. The van der Waals surface area contributed by atoms with Crippen molar-refractivity contribution in [2.75, 3.05) is 6.54 Å². The van der Waals surface area contributed by atoms with E-state index in [-0.39, 0.29) is 0 Å². The molecule has 0 atom stereocenters. The number of rotatable bonds is 5. The van der Waals surface area contributed by atoms with Crippen molar-refractivity contribution in [3.8, 4) is 0 Å². The number of hydrogen-bond acceptors (Lipinski definition) is 3. The third-order valence-electron chi connectivity index (χ3n) is 2.98. The van der Waals surface area contributed by atoms with Crippen LogP contribution in [-0.4, -0.2) is 17.6 Å². The molecule has 0 bridgehead atoms. The molecule has 0 saturated heterocycles. The maximum Gasteiger partial charge on any atom is 0.0941 e. The van der Waals surface area contributed by atoms with Crippen LogP contribution in [0.4, 0.5) is 0 Å². The molecule has 15 heavy (non-hydrogen) atoms. The van der Waals surface area contributed by atoms with Crippen LogP contribution in [0.15, 0.2) is 5.38 Å². The number of nitrogens with zero attached hydrogens (tertiary/aromatic N) is 1. The van der Waals surface area contributed by atoms with Crippen molar-refractivity contribution in [1.82, 2.24) is 10.3 Å². The highest BCUT2D eigenvalue weighted by Crippen LogP contribution is 2.36. The molecule has 0 aliphatic heterocycles. The van der Waals surface area contributed by atoms with Crippen molar-refractivity contribution >= 4 is 11.3 Å². The van der Waals surface area contributed by atoms with Gasteiger partial charge in [-0.25, -0.2) is 4.98 Å². The summed E-state index contributed by atoms with van der Waals surface area (Å²) in [5, 5.41) is 6.98. The molecule has 2 rings (SSSR count). The minimum atomic E-state index is 0.580. The third-order valence-corrected chi connectivity index (χ3v) is 3.91. The fraction of sp³-hybridized carbons (Fsp3) is 0.750. The molecule has 1 aliphatic carbocycles. The van der Waals surface area contributed by atoms with E-state index in [4.69, 9.17) is 4.98 Å². The van der Waals surface area contributed by atoms with Crippen LogP contribution in [0.2, 0.25) is 0 Å². The SMILES string of the molecule is CC(C)NCCc1nc(C2CCC2)cs1. The topological polar surface area (TPSA) is 24.9 Å². The van der Waals surface area contributed by atoms with Gasteiger partial charge in [-0.2, -0.15) is 0 Å². The number of hydrogen-bond donors (Lipinski definition) is 1. The van der Waals surface area contributed by atoms with Gasteiger partial charge in [-0.3, -0.25) is 0 Å². The smallest absolute Gasteiger partial charge is 0.0941 e. The van der Waals surface area contributed by atoms with Crippen molar-refractivity contribution < 1.29 is 0 Å². The second-order valence-corrected chi connectivity index (χ2v) is 5.60. The summed E-state index contributed by atoms with van der Waals surface area (Å²) in [5.74, 6) is 0.785. The van der Waals surface area contributed by atoms with Gasteiger partial charge < -0.3 is 5.32 Å². The monoisotopic (exact) mass is 224 g/mol. The number of aromatic nitrogens is 1. The first-order valence-corrected chi connectivity index (χ1v) is 6.81. The Kier molecular flexibility index (Phi) is 3.76. The quantitative estimate of drug-likeness (QED) is 0.832. The van der Waals surface area contributed by atoms with E-state index >= 15 is 0 Å². The zero-order valence-corrected chi connectivity index (χ0v) is 10.4. The molecule has 0 radical (unpaired) electrons. The molecule has 1 N–H and O–H groups in total. The van der Waals surface area contributed by atoms with E-state index < -0.39 is 0 Å². The van der Waals surface area contributed by atoms with Gasteiger partial charge in [0.25, 0.3) is 0 Å². The van der Waals surface area contributed by atoms with Crippen LogP contribution in [0.5, 0.6) is 0 Å². The van der Waals surface area contributed by atoms with E-state index in [1.807, 2.05) is 11.3 Å². The van der Waals surface area contributed by atoms with Crippen molar-refractivity contribution in [1.29, 1.82) is 0 Å². The van der Waals surface area contributed by atoms with Crippen LogP contribution in [0.1, 0.15) is 49.7 Å². The summed E-state index contributed by atoms with van der Waals surface area (Å²) in [6, 6.07) is 0.580. The van der Waals surface area contributed by atoms with Crippen LogP contribution < -0.4 is 5.32 Å². The third kappa shape index (κ3) is 3.02. The average molecular weight is 224 g/mol. The van der Waals surface area contributed by atoms with E-state index in [1.54, 1.807) is 0 Å². The van der Waals surface area contributed by atoms with E-state index in [0.29, 0.717) is 6.04 Å². The summed E-state index contributed by atoms with van der Waals surface area (Å²) >= 11 is 1.83. The van der Waals surface area contributed by atoms with Crippen molar-refractivity contribution in [3.05, 3.63) is 16.1 Å². The molecule has 0 spiro atoms. The lowest BCUT2D eigenvalue weighted by molar-refractivity contribution is 0.412. The van der Waals surface area contributed by atoms with E-state index in [1.165, 1.54) is 30.0 Å². The van der Waals surface area contributed by atoms with Crippen molar-refractivity contribution in [2.45, 2.75) is 51.5 Å². The highest BCUT2D eigenvalue weighted by atomic mass is 32.1.